The van der Waals surface area contributed by atoms with Crippen LogP contribution in [0.15, 0.2) is 11.1 Å². The summed E-state index contributed by atoms with van der Waals surface area (Å²) in [5, 5.41) is 5.72. The summed E-state index contributed by atoms with van der Waals surface area (Å²) in [5.74, 6) is -0.784. The molecule has 1 heterocycles. The Kier molecular flexibility index (Phi) is 3.27. The Morgan fingerprint density at radius 1 is 1.73 bits per heavy atom. The van der Waals surface area contributed by atoms with Crippen molar-refractivity contribution in [2.75, 3.05) is 19.4 Å². The molecule has 0 aliphatic carbocycles. The third kappa shape index (κ3) is 2.67. The van der Waals surface area contributed by atoms with E-state index < -0.39 is 22.5 Å². The number of nitrogens with one attached hydrogen (secondary N) is 2. The molecule has 1 aromatic heterocycles. The molecule has 0 aromatic carbocycles. The Hall–Kier alpha value is -1.61. The summed E-state index contributed by atoms with van der Waals surface area (Å²) >= 11 is 0. The highest BCUT2D eigenvalue weighted by atomic mass is 32.2. The van der Waals surface area contributed by atoms with Gasteiger partial charge in [0.25, 0.3) is 0 Å². The Labute approximate surface area is 85.8 Å². The van der Waals surface area contributed by atoms with Crippen LogP contribution in [0.3, 0.4) is 0 Å². The molecule has 1 rings (SSSR count). The largest absolute Gasteiger partial charge is 0.468 e. The number of nitrogen functional groups attached to an aromatic ring is 1. The molecule has 0 aliphatic rings. The summed E-state index contributed by atoms with van der Waals surface area (Å²) in [4.78, 5) is 10.5. The second-order valence-corrected chi connectivity index (χ2v) is 4.28. The van der Waals surface area contributed by atoms with Crippen molar-refractivity contribution in [2.24, 2.45) is 0 Å². The summed E-state index contributed by atoms with van der Waals surface area (Å²) in [6.07, 6.45) is 1.05. The summed E-state index contributed by atoms with van der Waals surface area (Å²) < 4.78 is 29.2. The van der Waals surface area contributed by atoms with Crippen molar-refractivity contribution in [3.8, 4) is 0 Å². The molecule has 0 saturated heterocycles. The van der Waals surface area contributed by atoms with Gasteiger partial charge in [-0.3, -0.25) is 9.89 Å². The topological polar surface area (TPSA) is 127 Å². The lowest BCUT2D eigenvalue weighted by molar-refractivity contribution is -0.139. The highest BCUT2D eigenvalue weighted by Crippen LogP contribution is 2.12. The van der Waals surface area contributed by atoms with Crippen LogP contribution in [0.2, 0.25) is 0 Å². The minimum atomic E-state index is -3.82. The van der Waals surface area contributed by atoms with Gasteiger partial charge in [-0.2, -0.15) is 9.82 Å². The van der Waals surface area contributed by atoms with Crippen molar-refractivity contribution < 1.29 is 17.9 Å². The van der Waals surface area contributed by atoms with E-state index in [4.69, 9.17) is 5.73 Å². The number of carbonyl (C=O) groups is 1. The third-order valence-corrected chi connectivity index (χ3v) is 2.98. The van der Waals surface area contributed by atoms with Crippen molar-refractivity contribution in [2.45, 2.75) is 4.90 Å². The standard InChI is InChI=1S/C6H10N4O4S/c1-14-5(11)3-9-15(12,13)4-2-8-10-6(4)7/h2,9H,3H2,1H3,(H3,7,8,10). The second kappa shape index (κ2) is 4.28. The van der Waals surface area contributed by atoms with Crippen LogP contribution < -0.4 is 10.5 Å². The van der Waals surface area contributed by atoms with Crippen LogP contribution in [0.25, 0.3) is 0 Å². The van der Waals surface area contributed by atoms with Gasteiger partial charge in [0.05, 0.1) is 13.3 Å². The number of rotatable bonds is 4. The fourth-order valence-corrected chi connectivity index (χ4v) is 1.79. The molecule has 0 fully saturated rings. The van der Waals surface area contributed by atoms with Gasteiger partial charge < -0.3 is 10.5 Å². The number of hydrogen-bond donors (Lipinski definition) is 3. The van der Waals surface area contributed by atoms with E-state index in [9.17, 15) is 13.2 Å². The SMILES string of the molecule is COC(=O)CNS(=O)(=O)c1cn[nH]c1N. The van der Waals surface area contributed by atoms with Crippen molar-refractivity contribution in [3.05, 3.63) is 6.20 Å². The summed E-state index contributed by atoms with van der Waals surface area (Å²) in [6, 6.07) is 0. The number of carbonyl (C=O) groups excluding carboxylic acids is 1. The lowest BCUT2D eigenvalue weighted by Crippen LogP contribution is -2.30. The molecule has 1 aromatic rings. The number of aromatic nitrogens is 2. The predicted molar refractivity (Wildman–Crippen MR) is 50.2 cm³/mol. The Morgan fingerprint density at radius 3 is 2.87 bits per heavy atom. The van der Waals surface area contributed by atoms with Gasteiger partial charge in [-0.1, -0.05) is 0 Å². The van der Waals surface area contributed by atoms with Gasteiger partial charge in [0.15, 0.2) is 0 Å². The first-order valence-electron chi connectivity index (χ1n) is 3.82. The molecule has 0 spiro atoms. The average molecular weight is 234 g/mol. The number of ether oxygens (including phenoxy) is 1. The number of esters is 1. The zero-order valence-corrected chi connectivity index (χ0v) is 8.67. The number of hydrogen-bond acceptors (Lipinski definition) is 6. The van der Waals surface area contributed by atoms with Gasteiger partial charge in [0, 0.05) is 0 Å². The van der Waals surface area contributed by atoms with Crippen molar-refractivity contribution in [1.29, 1.82) is 0 Å². The highest BCUT2D eigenvalue weighted by molar-refractivity contribution is 7.89. The van der Waals surface area contributed by atoms with Crippen LogP contribution in [0, 0.1) is 0 Å². The molecule has 0 saturated carbocycles. The van der Waals surface area contributed by atoms with Crippen molar-refractivity contribution >= 4 is 21.8 Å². The van der Waals surface area contributed by atoms with Crippen molar-refractivity contribution in [3.63, 3.8) is 0 Å². The Balaban J connectivity index is 2.77. The molecule has 0 amide bonds. The second-order valence-electron chi connectivity index (χ2n) is 2.55. The molecule has 0 bridgehead atoms. The van der Waals surface area contributed by atoms with Gasteiger partial charge in [-0.15, -0.1) is 0 Å². The van der Waals surface area contributed by atoms with Gasteiger partial charge >= 0.3 is 5.97 Å². The number of anilines is 1. The fourth-order valence-electron chi connectivity index (χ4n) is 0.803. The van der Waals surface area contributed by atoms with Crippen molar-refractivity contribution in [1.82, 2.24) is 14.9 Å². The molecule has 8 nitrogen and oxygen atoms in total. The Morgan fingerprint density at radius 2 is 2.40 bits per heavy atom. The Bertz CT molecular complexity index is 451. The molecule has 0 aliphatic heterocycles. The monoisotopic (exact) mass is 234 g/mol. The van der Waals surface area contributed by atoms with E-state index in [0.29, 0.717) is 0 Å². The summed E-state index contributed by atoms with van der Waals surface area (Å²) in [7, 11) is -2.67. The number of nitrogens with two attached hydrogens (primary N) is 1. The molecular weight excluding hydrogens is 224 g/mol. The lowest BCUT2D eigenvalue weighted by atomic mass is 10.7. The van der Waals surface area contributed by atoms with E-state index in [2.05, 4.69) is 14.9 Å². The molecular formula is C6H10N4O4S. The maximum Gasteiger partial charge on any atom is 0.320 e. The molecule has 0 unspecified atom stereocenters. The van der Waals surface area contributed by atoms with Crippen LogP contribution >= 0.6 is 0 Å². The zero-order chi connectivity index (χ0) is 11.5. The number of aromatic amines is 1. The molecule has 84 valence electrons. The minimum absolute atomic E-state index is 0.0904. The zero-order valence-electron chi connectivity index (χ0n) is 7.85. The maximum absolute atomic E-state index is 11.5. The first-order valence-corrected chi connectivity index (χ1v) is 5.31. The highest BCUT2D eigenvalue weighted by Gasteiger charge is 2.20. The van der Waals surface area contributed by atoms with E-state index in [1.807, 2.05) is 4.72 Å². The normalized spacial score (nSPS) is 11.3. The fraction of sp³-hybridized carbons (Fsp3) is 0.333. The van der Waals surface area contributed by atoms with E-state index in [0.717, 1.165) is 13.3 Å². The third-order valence-electron chi connectivity index (χ3n) is 1.56. The molecule has 9 heteroatoms. The first-order chi connectivity index (χ1) is 6.97. The van der Waals surface area contributed by atoms with Crippen LogP contribution in [0.4, 0.5) is 5.82 Å². The molecule has 0 atom stereocenters. The van der Waals surface area contributed by atoms with Gasteiger partial charge in [0.2, 0.25) is 10.0 Å². The van der Waals surface area contributed by atoms with E-state index in [-0.39, 0.29) is 10.7 Å². The van der Waals surface area contributed by atoms with Gasteiger partial charge in [-0.05, 0) is 0 Å². The summed E-state index contributed by atoms with van der Waals surface area (Å²) in [6.45, 7) is -0.455. The average Bonchev–Trinajstić information content (AvgIpc) is 2.61. The van der Waals surface area contributed by atoms with Gasteiger partial charge in [0.1, 0.15) is 17.3 Å². The van der Waals surface area contributed by atoms with Crippen LogP contribution in [0.1, 0.15) is 0 Å². The first kappa shape index (κ1) is 11.5. The number of methoxy groups -OCH3 is 1. The number of sulfonamides is 1. The van der Waals surface area contributed by atoms with Crippen LogP contribution in [-0.4, -0.2) is 38.2 Å². The lowest BCUT2D eigenvalue weighted by Gasteiger charge is -2.03. The molecule has 0 radical (unpaired) electrons. The summed E-state index contributed by atoms with van der Waals surface area (Å²) in [5.41, 5.74) is 5.31. The smallest absolute Gasteiger partial charge is 0.320 e. The van der Waals surface area contributed by atoms with Crippen LogP contribution in [0.5, 0.6) is 0 Å². The van der Waals surface area contributed by atoms with E-state index in [1.165, 1.54) is 0 Å². The number of H-pyrrole nitrogens is 1. The van der Waals surface area contributed by atoms with E-state index in [1.54, 1.807) is 0 Å². The predicted octanol–water partition coefficient (Wildman–Crippen LogP) is -1.56. The minimum Gasteiger partial charge on any atom is -0.468 e. The van der Waals surface area contributed by atoms with E-state index >= 15 is 0 Å². The number of nitrogens with zero attached hydrogens (tertiary/aromatic N) is 1. The van der Waals surface area contributed by atoms with Gasteiger partial charge in [-0.25, -0.2) is 8.42 Å². The van der Waals surface area contributed by atoms with Crippen LogP contribution in [-0.2, 0) is 19.6 Å². The maximum atomic E-state index is 11.5. The quantitative estimate of drug-likeness (QED) is 0.541. The molecule has 15 heavy (non-hydrogen) atoms. The molecule has 4 N–H and O–H groups in total.